The maximum Gasteiger partial charge on any atom is 0.305 e. The van der Waals surface area contributed by atoms with E-state index in [1.165, 1.54) is 11.3 Å². The second-order valence-electron chi connectivity index (χ2n) is 5.18. The van der Waals surface area contributed by atoms with E-state index in [0.29, 0.717) is 5.75 Å². The van der Waals surface area contributed by atoms with Crippen LogP contribution in [0.4, 0.5) is 0 Å². The minimum atomic E-state index is -0.952. The highest BCUT2D eigenvalue weighted by atomic mass is 32.1. The molecule has 2 aromatic rings. The van der Waals surface area contributed by atoms with Crippen molar-refractivity contribution in [3.63, 3.8) is 0 Å². The van der Waals surface area contributed by atoms with E-state index in [4.69, 9.17) is 9.84 Å². The van der Waals surface area contributed by atoms with Crippen LogP contribution in [-0.2, 0) is 9.59 Å². The zero-order valence-corrected chi connectivity index (χ0v) is 13.8. The van der Waals surface area contributed by atoms with Gasteiger partial charge in [-0.1, -0.05) is 18.2 Å². The molecule has 1 heterocycles. The van der Waals surface area contributed by atoms with Crippen molar-refractivity contribution in [1.82, 2.24) is 5.32 Å². The van der Waals surface area contributed by atoms with Crippen molar-refractivity contribution < 1.29 is 19.4 Å². The number of carbonyl (C=O) groups is 2. The number of carboxylic acids is 1. The lowest BCUT2D eigenvalue weighted by molar-refractivity contribution is -0.137. The largest absolute Gasteiger partial charge is 0.496 e. The number of methoxy groups -OCH3 is 1. The lowest BCUT2D eigenvalue weighted by Gasteiger charge is -2.20. The predicted molar refractivity (Wildman–Crippen MR) is 88.9 cm³/mol. The van der Waals surface area contributed by atoms with Gasteiger partial charge in [0.2, 0.25) is 5.91 Å². The molecule has 5 nitrogen and oxygen atoms in total. The number of benzene rings is 1. The molecule has 1 aromatic carbocycles. The number of hydrogen-bond donors (Lipinski definition) is 2. The first kappa shape index (κ1) is 17.0. The molecular formula is C17H19NO4S. The molecule has 2 unspecified atom stereocenters. The minimum absolute atomic E-state index is 0.152. The molecule has 2 N–H and O–H groups in total. The molecule has 1 amide bonds. The Balaban J connectivity index is 2.16. The Labute approximate surface area is 138 Å². The molecule has 0 aliphatic heterocycles. The van der Waals surface area contributed by atoms with Gasteiger partial charge in [-0.15, -0.1) is 0 Å². The standard InChI is InChI=1S/C17H19NO4S/c1-11(13-5-3-4-6-15(13)22-2)17(21)18-14(9-16(19)20)12-7-8-23-10-12/h3-8,10-11,14H,9H2,1-2H3,(H,18,21)(H,19,20). The molecular weight excluding hydrogens is 314 g/mol. The highest BCUT2D eigenvalue weighted by molar-refractivity contribution is 7.08. The molecule has 23 heavy (non-hydrogen) atoms. The van der Waals surface area contributed by atoms with Crippen molar-refractivity contribution in [1.29, 1.82) is 0 Å². The molecule has 1 aromatic heterocycles. The number of carbonyl (C=O) groups excluding carboxylic acids is 1. The Kier molecular flexibility index (Phi) is 5.76. The zero-order valence-electron chi connectivity index (χ0n) is 13.0. The molecule has 0 fully saturated rings. The first-order valence-corrected chi connectivity index (χ1v) is 8.14. The SMILES string of the molecule is COc1ccccc1C(C)C(=O)NC(CC(=O)O)c1ccsc1. The average molecular weight is 333 g/mol. The molecule has 2 atom stereocenters. The van der Waals surface area contributed by atoms with Crippen molar-refractivity contribution in [2.75, 3.05) is 7.11 Å². The number of hydrogen-bond acceptors (Lipinski definition) is 4. The Bertz CT molecular complexity index is 669. The number of carboxylic acid groups (broad SMARTS) is 1. The van der Waals surface area contributed by atoms with Gasteiger partial charge in [0.05, 0.1) is 25.5 Å². The van der Waals surface area contributed by atoms with E-state index in [1.807, 2.05) is 35.0 Å². The van der Waals surface area contributed by atoms with Crippen LogP contribution in [0.2, 0.25) is 0 Å². The summed E-state index contributed by atoms with van der Waals surface area (Å²) in [5, 5.41) is 15.6. The van der Waals surface area contributed by atoms with Gasteiger partial charge >= 0.3 is 5.97 Å². The minimum Gasteiger partial charge on any atom is -0.496 e. The van der Waals surface area contributed by atoms with Crippen LogP contribution in [0.25, 0.3) is 0 Å². The zero-order chi connectivity index (χ0) is 16.8. The fourth-order valence-electron chi connectivity index (χ4n) is 2.36. The van der Waals surface area contributed by atoms with Crippen LogP contribution < -0.4 is 10.1 Å². The molecule has 0 aliphatic carbocycles. The molecule has 0 radical (unpaired) electrons. The van der Waals surface area contributed by atoms with E-state index >= 15 is 0 Å². The van der Waals surface area contributed by atoms with Crippen LogP contribution in [-0.4, -0.2) is 24.1 Å². The lowest BCUT2D eigenvalue weighted by atomic mass is 9.98. The summed E-state index contributed by atoms with van der Waals surface area (Å²) in [7, 11) is 1.56. The highest BCUT2D eigenvalue weighted by Gasteiger charge is 2.24. The molecule has 0 aliphatic rings. The van der Waals surface area contributed by atoms with Crippen molar-refractivity contribution in [3.05, 3.63) is 52.2 Å². The first-order valence-electron chi connectivity index (χ1n) is 7.20. The maximum atomic E-state index is 12.5. The molecule has 0 saturated heterocycles. The van der Waals surface area contributed by atoms with Crippen molar-refractivity contribution in [3.8, 4) is 5.75 Å². The summed E-state index contributed by atoms with van der Waals surface area (Å²) in [6, 6.07) is 8.60. The van der Waals surface area contributed by atoms with Gasteiger partial charge in [-0.25, -0.2) is 0 Å². The van der Waals surface area contributed by atoms with Crippen LogP contribution in [0, 0.1) is 0 Å². The van der Waals surface area contributed by atoms with Crippen LogP contribution >= 0.6 is 11.3 Å². The smallest absolute Gasteiger partial charge is 0.305 e. The molecule has 0 bridgehead atoms. The number of rotatable bonds is 7. The summed E-state index contributed by atoms with van der Waals surface area (Å²) in [6.07, 6.45) is -0.152. The van der Waals surface area contributed by atoms with Crippen LogP contribution in [0.1, 0.15) is 36.4 Å². The van der Waals surface area contributed by atoms with Crippen LogP contribution in [0.3, 0.4) is 0 Å². The normalized spacial score (nSPS) is 13.1. The van der Waals surface area contributed by atoms with Gasteiger partial charge in [0, 0.05) is 5.56 Å². The molecule has 122 valence electrons. The second-order valence-corrected chi connectivity index (χ2v) is 5.96. The van der Waals surface area contributed by atoms with E-state index in [0.717, 1.165) is 11.1 Å². The molecule has 2 rings (SSSR count). The highest BCUT2D eigenvalue weighted by Crippen LogP contribution is 2.28. The van der Waals surface area contributed by atoms with Crippen molar-refractivity contribution >= 4 is 23.2 Å². The predicted octanol–water partition coefficient (Wildman–Crippen LogP) is 3.19. The summed E-state index contributed by atoms with van der Waals surface area (Å²) in [4.78, 5) is 23.6. The fraction of sp³-hybridized carbons (Fsp3) is 0.294. The number of amides is 1. The topological polar surface area (TPSA) is 75.6 Å². The number of para-hydroxylation sites is 1. The Morgan fingerprint density at radius 1 is 1.30 bits per heavy atom. The maximum absolute atomic E-state index is 12.5. The lowest BCUT2D eigenvalue weighted by Crippen LogP contribution is -2.33. The van der Waals surface area contributed by atoms with Gasteiger partial charge in [0.15, 0.2) is 0 Å². The van der Waals surface area contributed by atoms with Crippen molar-refractivity contribution in [2.24, 2.45) is 0 Å². The third kappa shape index (κ3) is 4.32. The quantitative estimate of drug-likeness (QED) is 0.816. The third-order valence-electron chi connectivity index (χ3n) is 3.64. The number of thiophene rings is 1. The van der Waals surface area contributed by atoms with E-state index < -0.39 is 17.9 Å². The van der Waals surface area contributed by atoms with Gasteiger partial charge in [0.25, 0.3) is 0 Å². The van der Waals surface area contributed by atoms with Gasteiger partial charge in [-0.3, -0.25) is 9.59 Å². The summed E-state index contributed by atoms with van der Waals surface area (Å²) in [5.74, 6) is -0.986. The summed E-state index contributed by atoms with van der Waals surface area (Å²) in [6.45, 7) is 1.78. The van der Waals surface area contributed by atoms with Crippen LogP contribution in [0.5, 0.6) is 5.75 Å². The average Bonchev–Trinajstić information content (AvgIpc) is 3.07. The van der Waals surface area contributed by atoms with Gasteiger partial charge < -0.3 is 15.2 Å². The van der Waals surface area contributed by atoms with E-state index in [2.05, 4.69) is 5.32 Å². The summed E-state index contributed by atoms with van der Waals surface area (Å²) in [5.41, 5.74) is 1.57. The van der Waals surface area contributed by atoms with Crippen LogP contribution in [0.15, 0.2) is 41.1 Å². The Hall–Kier alpha value is -2.34. The number of aliphatic carboxylic acids is 1. The van der Waals surface area contributed by atoms with E-state index in [1.54, 1.807) is 20.1 Å². The molecule has 0 saturated carbocycles. The van der Waals surface area contributed by atoms with Gasteiger partial charge in [-0.2, -0.15) is 11.3 Å². The summed E-state index contributed by atoms with van der Waals surface area (Å²) < 4.78 is 5.29. The third-order valence-corrected chi connectivity index (χ3v) is 4.34. The fourth-order valence-corrected chi connectivity index (χ4v) is 3.08. The van der Waals surface area contributed by atoms with Crippen molar-refractivity contribution in [2.45, 2.75) is 25.3 Å². The van der Waals surface area contributed by atoms with Gasteiger partial charge in [0.1, 0.15) is 5.75 Å². The van der Waals surface area contributed by atoms with E-state index in [-0.39, 0.29) is 12.3 Å². The van der Waals surface area contributed by atoms with Gasteiger partial charge in [-0.05, 0) is 35.4 Å². The summed E-state index contributed by atoms with van der Waals surface area (Å²) >= 11 is 1.47. The first-order chi connectivity index (χ1) is 11.0. The van der Waals surface area contributed by atoms with E-state index in [9.17, 15) is 9.59 Å². The molecule has 6 heteroatoms. The second kappa shape index (κ2) is 7.78. The Morgan fingerprint density at radius 3 is 2.65 bits per heavy atom. The Morgan fingerprint density at radius 2 is 2.04 bits per heavy atom. The monoisotopic (exact) mass is 333 g/mol. The number of ether oxygens (including phenoxy) is 1. The number of nitrogens with one attached hydrogen (secondary N) is 1. The molecule has 0 spiro atoms.